The standard InChI is InChI=1S/C12H18BrN3OSi/c1-18(2,3)8-7-17-9-16-11-6-4-5-10(13)12(11)14-15-16/h4-6H,7-9H2,1-3H3. The second-order valence-corrected chi connectivity index (χ2v) is 12.0. The van der Waals surface area contributed by atoms with Gasteiger partial charge in [0.15, 0.2) is 0 Å². The molecule has 0 radical (unpaired) electrons. The van der Waals surface area contributed by atoms with E-state index in [0.717, 1.165) is 22.1 Å². The number of halogens is 1. The largest absolute Gasteiger partial charge is 0.359 e. The third kappa shape index (κ3) is 3.40. The monoisotopic (exact) mass is 327 g/mol. The number of rotatable bonds is 5. The highest BCUT2D eigenvalue weighted by Gasteiger charge is 2.12. The molecule has 0 saturated carbocycles. The molecule has 1 aromatic carbocycles. The minimum Gasteiger partial charge on any atom is -0.359 e. The highest BCUT2D eigenvalue weighted by Crippen LogP contribution is 2.21. The molecule has 0 N–H and O–H groups in total. The average molecular weight is 328 g/mol. The Labute approximate surface area is 116 Å². The molecule has 0 atom stereocenters. The van der Waals surface area contributed by atoms with Crippen LogP contribution in [0.15, 0.2) is 22.7 Å². The summed E-state index contributed by atoms with van der Waals surface area (Å²) < 4.78 is 8.44. The number of hydrogen-bond acceptors (Lipinski definition) is 3. The van der Waals surface area contributed by atoms with Gasteiger partial charge in [0.25, 0.3) is 0 Å². The van der Waals surface area contributed by atoms with Crippen LogP contribution in [0.3, 0.4) is 0 Å². The second kappa shape index (κ2) is 5.50. The molecule has 0 aliphatic rings. The lowest BCUT2D eigenvalue weighted by Crippen LogP contribution is -2.22. The topological polar surface area (TPSA) is 39.9 Å². The molecule has 98 valence electrons. The van der Waals surface area contributed by atoms with Gasteiger partial charge >= 0.3 is 0 Å². The van der Waals surface area contributed by atoms with Gasteiger partial charge in [-0.15, -0.1) is 5.10 Å². The fourth-order valence-corrected chi connectivity index (χ4v) is 2.77. The minimum absolute atomic E-state index is 0.470. The van der Waals surface area contributed by atoms with Crippen molar-refractivity contribution >= 4 is 35.0 Å². The summed E-state index contributed by atoms with van der Waals surface area (Å²) in [7, 11) is -1.02. The summed E-state index contributed by atoms with van der Waals surface area (Å²) in [4.78, 5) is 0. The molecule has 0 amide bonds. The van der Waals surface area contributed by atoms with Crippen molar-refractivity contribution in [1.29, 1.82) is 0 Å². The van der Waals surface area contributed by atoms with E-state index in [1.807, 2.05) is 18.2 Å². The van der Waals surface area contributed by atoms with Crippen LogP contribution in [0, 0.1) is 0 Å². The predicted molar refractivity (Wildman–Crippen MR) is 79.3 cm³/mol. The maximum absolute atomic E-state index is 5.68. The van der Waals surface area contributed by atoms with Crippen LogP contribution in [0.25, 0.3) is 11.0 Å². The Bertz CT molecular complexity index is 536. The summed E-state index contributed by atoms with van der Waals surface area (Å²) in [6.45, 7) is 8.30. The summed E-state index contributed by atoms with van der Waals surface area (Å²) in [5.41, 5.74) is 1.88. The first-order valence-corrected chi connectivity index (χ1v) is 10.5. The van der Waals surface area contributed by atoms with E-state index in [9.17, 15) is 0 Å². The number of nitrogens with zero attached hydrogens (tertiary/aromatic N) is 3. The zero-order valence-corrected chi connectivity index (χ0v) is 13.6. The molecular formula is C12H18BrN3OSi. The van der Waals surface area contributed by atoms with Crippen molar-refractivity contribution in [2.24, 2.45) is 0 Å². The molecule has 18 heavy (non-hydrogen) atoms. The molecule has 4 nitrogen and oxygen atoms in total. The normalized spacial score (nSPS) is 12.2. The number of fused-ring (bicyclic) bond motifs is 1. The van der Waals surface area contributed by atoms with Crippen LogP contribution < -0.4 is 0 Å². The van der Waals surface area contributed by atoms with Gasteiger partial charge in [0, 0.05) is 19.2 Å². The van der Waals surface area contributed by atoms with Gasteiger partial charge in [0.2, 0.25) is 0 Å². The highest BCUT2D eigenvalue weighted by molar-refractivity contribution is 9.10. The van der Waals surface area contributed by atoms with Crippen LogP contribution in [-0.4, -0.2) is 29.7 Å². The Kier molecular flexibility index (Phi) is 4.19. The molecule has 1 aromatic heterocycles. The van der Waals surface area contributed by atoms with Gasteiger partial charge in [-0.2, -0.15) is 0 Å². The molecule has 2 rings (SSSR count). The first-order chi connectivity index (χ1) is 8.47. The Morgan fingerprint density at radius 3 is 2.83 bits per heavy atom. The van der Waals surface area contributed by atoms with E-state index < -0.39 is 8.07 Å². The van der Waals surface area contributed by atoms with E-state index >= 15 is 0 Å². The fourth-order valence-electron chi connectivity index (χ4n) is 1.58. The van der Waals surface area contributed by atoms with Crippen LogP contribution in [-0.2, 0) is 11.5 Å². The Balaban J connectivity index is 1.98. The van der Waals surface area contributed by atoms with Crippen molar-refractivity contribution < 1.29 is 4.74 Å². The first-order valence-electron chi connectivity index (χ1n) is 6.03. The lowest BCUT2D eigenvalue weighted by Gasteiger charge is -2.15. The predicted octanol–water partition coefficient (Wildman–Crippen LogP) is 3.51. The molecule has 6 heteroatoms. The van der Waals surface area contributed by atoms with Crippen molar-refractivity contribution in [2.45, 2.75) is 32.4 Å². The molecule has 1 heterocycles. The smallest absolute Gasteiger partial charge is 0.141 e. The minimum atomic E-state index is -1.02. The van der Waals surface area contributed by atoms with E-state index in [-0.39, 0.29) is 0 Å². The Morgan fingerprint density at radius 1 is 1.33 bits per heavy atom. The van der Waals surface area contributed by atoms with Crippen LogP contribution in [0.4, 0.5) is 0 Å². The van der Waals surface area contributed by atoms with Gasteiger partial charge in [-0.3, -0.25) is 0 Å². The molecule has 0 bridgehead atoms. The third-order valence-electron chi connectivity index (χ3n) is 2.71. The molecule has 0 spiro atoms. The summed E-state index contributed by atoms with van der Waals surface area (Å²) >= 11 is 3.47. The summed E-state index contributed by atoms with van der Waals surface area (Å²) in [6.07, 6.45) is 0. The zero-order valence-electron chi connectivity index (χ0n) is 11.0. The van der Waals surface area contributed by atoms with E-state index in [0.29, 0.717) is 6.73 Å². The number of benzene rings is 1. The maximum atomic E-state index is 5.68. The van der Waals surface area contributed by atoms with Crippen molar-refractivity contribution in [3.05, 3.63) is 22.7 Å². The third-order valence-corrected chi connectivity index (χ3v) is 5.05. The summed E-state index contributed by atoms with van der Waals surface area (Å²) in [5.74, 6) is 0. The quantitative estimate of drug-likeness (QED) is 0.623. The van der Waals surface area contributed by atoms with Crippen LogP contribution in [0.1, 0.15) is 0 Å². The maximum Gasteiger partial charge on any atom is 0.141 e. The Hall–Kier alpha value is -0.723. The van der Waals surface area contributed by atoms with Gasteiger partial charge in [0.1, 0.15) is 12.2 Å². The number of aromatic nitrogens is 3. The second-order valence-electron chi connectivity index (χ2n) is 5.54. The van der Waals surface area contributed by atoms with E-state index in [1.54, 1.807) is 4.68 Å². The molecule has 0 aliphatic carbocycles. The lowest BCUT2D eigenvalue weighted by atomic mass is 10.3. The average Bonchev–Trinajstić information content (AvgIpc) is 2.68. The zero-order chi connectivity index (χ0) is 13.2. The van der Waals surface area contributed by atoms with Crippen molar-refractivity contribution in [3.8, 4) is 0 Å². The molecule has 0 saturated heterocycles. The fraction of sp³-hybridized carbons (Fsp3) is 0.500. The van der Waals surface area contributed by atoms with Gasteiger partial charge < -0.3 is 4.74 Å². The molecular weight excluding hydrogens is 310 g/mol. The van der Waals surface area contributed by atoms with Gasteiger partial charge in [-0.05, 0) is 34.1 Å². The van der Waals surface area contributed by atoms with Gasteiger partial charge in [-0.1, -0.05) is 30.9 Å². The van der Waals surface area contributed by atoms with Crippen molar-refractivity contribution in [3.63, 3.8) is 0 Å². The lowest BCUT2D eigenvalue weighted by molar-refractivity contribution is 0.0803. The molecule has 0 aliphatic heterocycles. The number of hydrogen-bond donors (Lipinski definition) is 0. The van der Waals surface area contributed by atoms with E-state index in [2.05, 4.69) is 45.9 Å². The Morgan fingerprint density at radius 2 is 2.11 bits per heavy atom. The van der Waals surface area contributed by atoms with Crippen molar-refractivity contribution in [2.75, 3.05) is 6.61 Å². The van der Waals surface area contributed by atoms with E-state index in [4.69, 9.17) is 4.74 Å². The summed E-state index contributed by atoms with van der Waals surface area (Å²) in [6, 6.07) is 7.12. The van der Waals surface area contributed by atoms with Crippen LogP contribution in [0.2, 0.25) is 25.7 Å². The molecule has 0 fully saturated rings. The van der Waals surface area contributed by atoms with Crippen LogP contribution >= 0.6 is 15.9 Å². The van der Waals surface area contributed by atoms with E-state index in [1.165, 1.54) is 6.04 Å². The SMILES string of the molecule is C[Si](C)(C)CCOCn1nnc2c(Br)cccc21. The molecule has 0 unspecified atom stereocenters. The number of ether oxygens (including phenoxy) is 1. The molecule has 2 aromatic rings. The van der Waals surface area contributed by atoms with Gasteiger partial charge in [-0.25, -0.2) is 4.68 Å². The van der Waals surface area contributed by atoms with Gasteiger partial charge in [0.05, 0.1) is 5.52 Å². The van der Waals surface area contributed by atoms with Crippen molar-refractivity contribution in [1.82, 2.24) is 15.0 Å². The van der Waals surface area contributed by atoms with Crippen LogP contribution in [0.5, 0.6) is 0 Å². The highest BCUT2D eigenvalue weighted by atomic mass is 79.9. The summed E-state index contributed by atoms with van der Waals surface area (Å²) in [5, 5.41) is 8.25. The first kappa shape index (κ1) is 13.7.